The molecule has 1 aromatic rings. The average Bonchev–Trinajstić information content (AvgIpc) is 2.88. The highest BCUT2D eigenvalue weighted by Crippen LogP contribution is 2.23. The van der Waals surface area contributed by atoms with Crippen molar-refractivity contribution in [2.75, 3.05) is 6.54 Å². The highest BCUT2D eigenvalue weighted by molar-refractivity contribution is 9.10. The van der Waals surface area contributed by atoms with E-state index in [2.05, 4.69) is 21.2 Å². The maximum absolute atomic E-state index is 12.3. The first kappa shape index (κ1) is 12.7. The lowest BCUT2D eigenvalue weighted by atomic mass is 10.0. The third-order valence-corrected chi connectivity index (χ3v) is 4.33. The van der Waals surface area contributed by atoms with Gasteiger partial charge in [0, 0.05) is 17.4 Å². The number of amides is 2. The average molecular weight is 323 g/mol. The molecule has 19 heavy (non-hydrogen) atoms. The zero-order chi connectivity index (χ0) is 13.4. The van der Waals surface area contributed by atoms with Gasteiger partial charge in [0.1, 0.15) is 12.1 Å². The lowest BCUT2D eigenvalue weighted by Crippen LogP contribution is -2.61. The van der Waals surface area contributed by atoms with Gasteiger partial charge in [-0.15, -0.1) is 0 Å². The van der Waals surface area contributed by atoms with Crippen LogP contribution in [0.2, 0.25) is 0 Å². The Morgan fingerprint density at radius 3 is 2.74 bits per heavy atom. The van der Waals surface area contributed by atoms with Crippen LogP contribution in [0.1, 0.15) is 18.4 Å². The summed E-state index contributed by atoms with van der Waals surface area (Å²) in [6.45, 7) is 0.716. The maximum Gasteiger partial charge on any atom is 0.246 e. The second-order valence-electron chi connectivity index (χ2n) is 5.08. The Balaban J connectivity index is 1.76. The number of hydrogen-bond donors (Lipinski definition) is 1. The van der Waals surface area contributed by atoms with Crippen molar-refractivity contribution in [2.45, 2.75) is 31.3 Å². The van der Waals surface area contributed by atoms with Crippen molar-refractivity contribution in [2.24, 2.45) is 0 Å². The quantitative estimate of drug-likeness (QED) is 0.896. The fourth-order valence-electron chi connectivity index (χ4n) is 2.83. The van der Waals surface area contributed by atoms with Crippen LogP contribution in [0.4, 0.5) is 0 Å². The topological polar surface area (TPSA) is 49.4 Å². The summed E-state index contributed by atoms with van der Waals surface area (Å²) in [5.74, 6) is 0.0595. The Morgan fingerprint density at radius 1 is 1.26 bits per heavy atom. The van der Waals surface area contributed by atoms with Crippen LogP contribution in [0.3, 0.4) is 0 Å². The van der Waals surface area contributed by atoms with Gasteiger partial charge in [0.05, 0.1) is 0 Å². The first-order valence-corrected chi connectivity index (χ1v) is 7.30. The van der Waals surface area contributed by atoms with Gasteiger partial charge in [0.25, 0.3) is 0 Å². The number of nitrogens with one attached hydrogen (secondary N) is 1. The molecule has 2 saturated heterocycles. The molecule has 2 aliphatic heterocycles. The standard InChI is InChI=1S/C14H15BrN2O2/c15-10-5-3-9(4-6-10)8-11-14(19)17-7-1-2-12(17)13(18)16-11/h3-6,11-12H,1-2,7-8H2,(H,16,18)/t11-,12-/m0/s1. The van der Waals surface area contributed by atoms with E-state index in [4.69, 9.17) is 0 Å². The maximum atomic E-state index is 12.3. The highest BCUT2D eigenvalue weighted by Gasteiger charge is 2.42. The summed E-state index contributed by atoms with van der Waals surface area (Å²) in [6.07, 6.45) is 2.28. The number of benzene rings is 1. The number of hydrogen-bond acceptors (Lipinski definition) is 2. The number of halogens is 1. The van der Waals surface area contributed by atoms with Gasteiger partial charge in [-0.1, -0.05) is 28.1 Å². The molecule has 1 aromatic carbocycles. The summed E-state index contributed by atoms with van der Waals surface area (Å²) in [5, 5.41) is 2.86. The molecule has 0 spiro atoms. The van der Waals surface area contributed by atoms with E-state index in [-0.39, 0.29) is 17.9 Å². The van der Waals surface area contributed by atoms with Crippen LogP contribution in [-0.4, -0.2) is 35.3 Å². The molecule has 4 nitrogen and oxygen atoms in total. The van der Waals surface area contributed by atoms with Gasteiger partial charge in [-0.2, -0.15) is 0 Å². The third kappa shape index (κ3) is 2.39. The monoisotopic (exact) mass is 322 g/mol. The van der Waals surface area contributed by atoms with Gasteiger partial charge in [-0.3, -0.25) is 9.59 Å². The molecule has 0 aliphatic carbocycles. The summed E-state index contributed by atoms with van der Waals surface area (Å²) >= 11 is 3.38. The molecule has 2 heterocycles. The molecule has 0 radical (unpaired) electrons. The Kier molecular flexibility index (Phi) is 3.31. The highest BCUT2D eigenvalue weighted by atomic mass is 79.9. The van der Waals surface area contributed by atoms with Gasteiger partial charge in [-0.25, -0.2) is 0 Å². The van der Waals surface area contributed by atoms with Crippen LogP contribution < -0.4 is 5.32 Å². The third-order valence-electron chi connectivity index (χ3n) is 3.81. The molecule has 0 saturated carbocycles. The van der Waals surface area contributed by atoms with Crippen LogP contribution in [0.5, 0.6) is 0 Å². The van der Waals surface area contributed by atoms with Crippen molar-refractivity contribution in [3.05, 3.63) is 34.3 Å². The van der Waals surface area contributed by atoms with E-state index in [9.17, 15) is 9.59 Å². The minimum atomic E-state index is -0.414. The first-order chi connectivity index (χ1) is 9.15. The van der Waals surface area contributed by atoms with E-state index in [0.29, 0.717) is 13.0 Å². The first-order valence-electron chi connectivity index (χ1n) is 6.50. The summed E-state index contributed by atoms with van der Waals surface area (Å²) in [4.78, 5) is 26.0. The summed E-state index contributed by atoms with van der Waals surface area (Å²) in [6, 6.07) is 7.20. The number of fused-ring (bicyclic) bond motifs is 1. The van der Waals surface area contributed by atoms with Gasteiger partial charge < -0.3 is 10.2 Å². The van der Waals surface area contributed by atoms with Crippen molar-refractivity contribution >= 4 is 27.7 Å². The SMILES string of the molecule is O=C1N[C@@H](Cc2ccc(Br)cc2)C(=O)N2CCC[C@@H]12. The summed E-state index contributed by atoms with van der Waals surface area (Å²) in [5.41, 5.74) is 1.06. The van der Waals surface area contributed by atoms with Crippen LogP contribution >= 0.6 is 15.9 Å². The molecule has 0 bridgehead atoms. The molecule has 3 rings (SSSR count). The molecule has 2 amide bonds. The van der Waals surface area contributed by atoms with Crippen LogP contribution in [-0.2, 0) is 16.0 Å². The molecule has 0 aromatic heterocycles. The van der Waals surface area contributed by atoms with Crippen LogP contribution in [0.15, 0.2) is 28.7 Å². The van der Waals surface area contributed by atoms with E-state index < -0.39 is 6.04 Å². The van der Waals surface area contributed by atoms with E-state index in [1.807, 2.05) is 24.3 Å². The predicted molar refractivity (Wildman–Crippen MR) is 74.5 cm³/mol. The molecular weight excluding hydrogens is 308 g/mol. The zero-order valence-electron chi connectivity index (χ0n) is 10.4. The van der Waals surface area contributed by atoms with E-state index in [1.165, 1.54) is 0 Å². The molecule has 0 unspecified atom stereocenters. The second-order valence-corrected chi connectivity index (χ2v) is 6.00. The van der Waals surface area contributed by atoms with Crippen molar-refractivity contribution in [3.8, 4) is 0 Å². The van der Waals surface area contributed by atoms with Crippen molar-refractivity contribution in [3.63, 3.8) is 0 Å². The number of piperazine rings is 1. The smallest absolute Gasteiger partial charge is 0.246 e. The zero-order valence-corrected chi connectivity index (χ0v) is 12.0. The number of carbonyl (C=O) groups is 2. The minimum Gasteiger partial charge on any atom is -0.342 e. The molecule has 1 N–H and O–H groups in total. The number of nitrogens with zero attached hydrogens (tertiary/aromatic N) is 1. The lowest BCUT2D eigenvalue weighted by Gasteiger charge is -2.34. The van der Waals surface area contributed by atoms with Crippen molar-refractivity contribution in [1.82, 2.24) is 10.2 Å². The van der Waals surface area contributed by atoms with Crippen molar-refractivity contribution in [1.29, 1.82) is 0 Å². The Hall–Kier alpha value is -1.36. The van der Waals surface area contributed by atoms with Gasteiger partial charge in [0.2, 0.25) is 11.8 Å². The molecule has 2 aliphatic rings. The summed E-state index contributed by atoms with van der Waals surface area (Å²) < 4.78 is 1.01. The number of rotatable bonds is 2. The Bertz CT molecular complexity index is 515. The minimum absolute atomic E-state index is 0.000730. The Labute approximate surface area is 120 Å². The van der Waals surface area contributed by atoms with E-state index >= 15 is 0 Å². The number of carbonyl (C=O) groups excluding carboxylic acids is 2. The van der Waals surface area contributed by atoms with Crippen LogP contribution in [0.25, 0.3) is 0 Å². The summed E-state index contributed by atoms with van der Waals surface area (Å²) in [7, 11) is 0. The van der Waals surface area contributed by atoms with Crippen LogP contribution in [0, 0.1) is 0 Å². The second kappa shape index (κ2) is 4.96. The fourth-order valence-corrected chi connectivity index (χ4v) is 3.09. The molecule has 100 valence electrons. The predicted octanol–water partition coefficient (Wildman–Crippen LogP) is 1.48. The Morgan fingerprint density at radius 2 is 2.00 bits per heavy atom. The molecular formula is C14H15BrN2O2. The lowest BCUT2D eigenvalue weighted by molar-refractivity contribution is -0.146. The van der Waals surface area contributed by atoms with Crippen molar-refractivity contribution < 1.29 is 9.59 Å². The molecule has 5 heteroatoms. The molecule has 2 atom stereocenters. The normalized spacial score (nSPS) is 26.3. The van der Waals surface area contributed by atoms with Gasteiger partial charge in [0.15, 0.2) is 0 Å². The van der Waals surface area contributed by atoms with Gasteiger partial charge in [-0.05, 0) is 30.5 Å². The van der Waals surface area contributed by atoms with E-state index in [0.717, 1.165) is 22.9 Å². The van der Waals surface area contributed by atoms with Gasteiger partial charge >= 0.3 is 0 Å². The van der Waals surface area contributed by atoms with E-state index in [1.54, 1.807) is 4.90 Å². The largest absolute Gasteiger partial charge is 0.342 e. The fraction of sp³-hybridized carbons (Fsp3) is 0.429. The molecule has 2 fully saturated rings.